The number of benzene rings is 2. The molecule has 3 fully saturated rings. The van der Waals surface area contributed by atoms with Crippen molar-refractivity contribution >= 4 is 24.7 Å². The summed E-state index contributed by atoms with van der Waals surface area (Å²) in [7, 11) is 1.17. The van der Waals surface area contributed by atoms with Crippen LogP contribution in [0.3, 0.4) is 0 Å². The summed E-state index contributed by atoms with van der Waals surface area (Å²) in [4.78, 5) is 0. The first-order valence-electron chi connectivity index (χ1n) is 12.3. The standard InChI is InChI=1S/C26H30N2OP.C5H5.Fe/c1-26(2,29-3)25-18-11-19-28(25)27-20-21-12-10-17-24(21)30(22-13-6-4-7-14-22)23-15-8-5-9-16-23;1-2-4-5-3-1;/h4-10,12-17,20,25H,11,18-19H2,1-3H3;1-5H;/q;;+2/b27-20+;;/t25-;;/m0../s1. The van der Waals surface area contributed by atoms with Crippen LogP contribution in [0.25, 0.3) is 0 Å². The minimum absolute atomic E-state index is 0. The predicted octanol–water partition coefficient (Wildman–Crippen LogP) is 5.75. The molecule has 2 aromatic carbocycles. The Kier molecular flexibility index (Phi) is 12.0. The maximum Gasteiger partial charge on any atom is 2.00 e. The Bertz CT molecular complexity index is 856. The van der Waals surface area contributed by atoms with Crippen LogP contribution < -0.4 is 10.6 Å². The van der Waals surface area contributed by atoms with Crippen molar-refractivity contribution in [1.82, 2.24) is 5.01 Å². The van der Waals surface area contributed by atoms with E-state index in [1.807, 2.05) is 32.1 Å². The van der Waals surface area contributed by atoms with Crippen LogP contribution in [0.5, 0.6) is 0 Å². The zero-order chi connectivity index (χ0) is 24.5. The monoisotopic (exact) mass is 538 g/mol. The van der Waals surface area contributed by atoms with Gasteiger partial charge in [0.15, 0.2) is 0 Å². The zero-order valence-electron chi connectivity index (χ0n) is 21.3. The van der Waals surface area contributed by atoms with E-state index in [1.54, 1.807) is 7.11 Å². The summed E-state index contributed by atoms with van der Waals surface area (Å²) in [6.45, 7) is 5.29. The molecule has 0 aromatic heterocycles. The average Bonchev–Trinajstić information content (AvgIpc) is 3.69. The largest absolute Gasteiger partial charge is 2.00 e. The number of hydrazone groups is 1. The number of methoxy groups -OCH3 is 1. The average molecular weight is 538 g/mol. The molecule has 1 aliphatic heterocycles. The van der Waals surface area contributed by atoms with Gasteiger partial charge in [-0.25, -0.2) is 0 Å². The maximum atomic E-state index is 5.75. The quantitative estimate of drug-likeness (QED) is 0.255. The SMILES string of the molecule is COC(C)(C)[C@@H]1CCCN1/N=C/[C]1[CH][CH][CH][C]1P(c1ccccc1)c1ccccc1.[CH]1[CH][CH][CH][CH]1.[Fe+2]. The van der Waals surface area contributed by atoms with E-state index in [9.17, 15) is 0 Å². The van der Waals surface area contributed by atoms with Gasteiger partial charge < -0.3 is 4.74 Å². The van der Waals surface area contributed by atoms with E-state index in [1.165, 1.54) is 22.2 Å². The third kappa shape index (κ3) is 7.67. The molecule has 5 heteroatoms. The van der Waals surface area contributed by atoms with Crippen molar-refractivity contribution in [3.8, 4) is 0 Å². The van der Waals surface area contributed by atoms with E-state index >= 15 is 0 Å². The van der Waals surface area contributed by atoms with E-state index in [0.717, 1.165) is 19.4 Å². The van der Waals surface area contributed by atoms with E-state index in [2.05, 4.69) is 105 Å². The van der Waals surface area contributed by atoms with Gasteiger partial charge in [-0.1, -0.05) is 60.7 Å². The Morgan fingerprint density at radius 1 is 0.861 bits per heavy atom. The molecule has 36 heavy (non-hydrogen) atoms. The van der Waals surface area contributed by atoms with Gasteiger partial charge in [-0.15, -0.1) is 0 Å². The fraction of sp³-hybridized carbons (Fsp3) is 0.258. The molecule has 1 saturated heterocycles. The second-order valence-electron chi connectivity index (χ2n) is 9.21. The van der Waals surface area contributed by atoms with Crippen LogP contribution >= 0.6 is 7.92 Å². The van der Waals surface area contributed by atoms with E-state index in [4.69, 9.17) is 9.84 Å². The molecule has 0 bridgehead atoms. The van der Waals surface area contributed by atoms with Crippen LogP contribution in [0.15, 0.2) is 65.8 Å². The molecule has 5 rings (SSSR count). The van der Waals surface area contributed by atoms with E-state index < -0.39 is 7.92 Å². The molecular weight excluding hydrogens is 503 g/mol. The third-order valence-electron chi connectivity index (χ3n) is 6.55. The molecular formula is C31H35FeN2OP+2. The molecule has 0 spiro atoms. The Morgan fingerprint density at radius 3 is 1.94 bits per heavy atom. The Labute approximate surface area is 231 Å². The van der Waals surface area contributed by atoms with Crippen molar-refractivity contribution in [2.45, 2.75) is 38.3 Å². The normalized spacial score (nSPS) is 21.1. The van der Waals surface area contributed by atoms with Gasteiger partial charge in [-0.05, 0) is 96.6 Å². The molecule has 1 atom stereocenters. The minimum atomic E-state index is -0.625. The maximum absolute atomic E-state index is 5.75. The molecule has 2 saturated carbocycles. The molecule has 2 aromatic rings. The summed E-state index contributed by atoms with van der Waals surface area (Å²) >= 11 is 0. The van der Waals surface area contributed by atoms with Gasteiger partial charge in [0.25, 0.3) is 0 Å². The fourth-order valence-corrected chi connectivity index (χ4v) is 6.93. The number of hydrogen-bond donors (Lipinski definition) is 0. The second-order valence-corrected chi connectivity index (χ2v) is 11.4. The summed E-state index contributed by atoms with van der Waals surface area (Å²) < 4.78 is 5.75. The van der Waals surface area contributed by atoms with Crippen LogP contribution in [0.4, 0.5) is 0 Å². The summed E-state index contributed by atoms with van der Waals surface area (Å²) in [5.41, 5.74) is 1.15. The summed E-state index contributed by atoms with van der Waals surface area (Å²) in [5.74, 6) is 1.20. The number of ether oxygens (including phenoxy) is 1. The summed E-state index contributed by atoms with van der Waals surface area (Å²) in [5, 5.41) is 9.87. The van der Waals surface area contributed by atoms with Crippen LogP contribution in [-0.2, 0) is 21.8 Å². The molecule has 3 aliphatic rings. The number of rotatable bonds is 7. The second kappa shape index (κ2) is 14.7. The number of hydrogen-bond acceptors (Lipinski definition) is 3. The smallest absolute Gasteiger partial charge is 0.377 e. The van der Waals surface area contributed by atoms with Gasteiger partial charge in [0.2, 0.25) is 0 Å². The van der Waals surface area contributed by atoms with Crippen molar-refractivity contribution < 1.29 is 21.8 Å². The molecule has 0 amide bonds. The predicted molar refractivity (Wildman–Crippen MR) is 149 cm³/mol. The first kappa shape index (κ1) is 29.4. The first-order chi connectivity index (χ1) is 17.1. The Hall–Kier alpha value is -1.18. The molecule has 0 N–H and O–H groups in total. The first-order valence-corrected chi connectivity index (χ1v) is 13.6. The topological polar surface area (TPSA) is 24.8 Å². The van der Waals surface area contributed by atoms with Crippen molar-refractivity contribution in [2.24, 2.45) is 5.10 Å². The van der Waals surface area contributed by atoms with Gasteiger partial charge in [0.05, 0.1) is 11.6 Å². The Balaban J connectivity index is 0.000000538. The van der Waals surface area contributed by atoms with Gasteiger partial charge in [0.1, 0.15) is 0 Å². The van der Waals surface area contributed by atoms with Crippen LogP contribution in [0, 0.1) is 62.9 Å². The van der Waals surface area contributed by atoms with Crippen molar-refractivity contribution in [1.29, 1.82) is 0 Å². The fourth-order valence-electron chi connectivity index (χ4n) is 4.51. The molecule has 10 radical (unpaired) electrons. The van der Waals surface area contributed by atoms with Gasteiger partial charge in [-0.3, -0.25) is 5.01 Å². The van der Waals surface area contributed by atoms with E-state index in [0.29, 0.717) is 6.04 Å². The van der Waals surface area contributed by atoms with Crippen LogP contribution in [-0.4, -0.2) is 36.5 Å². The molecule has 186 valence electrons. The number of nitrogens with zero attached hydrogens (tertiary/aromatic N) is 2. The molecule has 0 unspecified atom stereocenters. The van der Waals surface area contributed by atoms with Crippen LogP contribution in [0.2, 0.25) is 0 Å². The van der Waals surface area contributed by atoms with Crippen LogP contribution in [0.1, 0.15) is 26.7 Å². The van der Waals surface area contributed by atoms with Gasteiger partial charge in [0, 0.05) is 31.4 Å². The molecule has 3 nitrogen and oxygen atoms in total. The summed E-state index contributed by atoms with van der Waals surface area (Å²) in [6, 6.07) is 22.0. The molecule has 2 aliphatic carbocycles. The third-order valence-corrected chi connectivity index (χ3v) is 9.07. The minimum Gasteiger partial charge on any atom is -0.377 e. The molecule has 1 heterocycles. The van der Waals surface area contributed by atoms with Crippen molar-refractivity contribution in [2.75, 3.05) is 13.7 Å². The van der Waals surface area contributed by atoms with E-state index in [-0.39, 0.29) is 22.7 Å². The van der Waals surface area contributed by atoms with Gasteiger partial charge in [-0.2, -0.15) is 5.10 Å². The summed E-state index contributed by atoms with van der Waals surface area (Å²) in [6.07, 6.45) is 20.9. The Morgan fingerprint density at radius 2 is 1.42 bits per heavy atom. The van der Waals surface area contributed by atoms with Crippen molar-refractivity contribution in [3.05, 3.63) is 124 Å². The van der Waals surface area contributed by atoms with Gasteiger partial charge >= 0.3 is 17.1 Å². The zero-order valence-corrected chi connectivity index (χ0v) is 23.3. The van der Waals surface area contributed by atoms with Crippen molar-refractivity contribution in [3.63, 3.8) is 0 Å².